The van der Waals surface area contributed by atoms with Crippen molar-refractivity contribution in [2.45, 2.75) is 17.9 Å². The van der Waals surface area contributed by atoms with Gasteiger partial charge in [0, 0.05) is 11.8 Å². The van der Waals surface area contributed by atoms with Gasteiger partial charge in [-0.3, -0.25) is 4.79 Å². The van der Waals surface area contributed by atoms with Crippen LogP contribution in [0.3, 0.4) is 0 Å². The highest BCUT2D eigenvalue weighted by Gasteiger charge is 2.21. The highest BCUT2D eigenvalue weighted by atomic mass is 32.2. The number of carbonyl (C=O) groups excluding carboxylic acids is 1. The van der Waals surface area contributed by atoms with Gasteiger partial charge in [-0.2, -0.15) is 0 Å². The topological polar surface area (TPSA) is 81.7 Å². The first-order valence-corrected chi connectivity index (χ1v) is 11.5. The number of hydrogen-bond donors (Lipinski definition) is 1. The Kier molecular flexibility index (Phi) is 6.65. The van der Waals surface area contributed by atoms with Gasteiger partial charge in [0.05, 0.1) is 25.2 Å². The summed E-state index contributed by atoms with van der Waals surface area (Å²) in [6.07, 6.45) is 1.12. The van der Waals surface area contributed by atoms with Crippen LogP contribution in [0.25, 0.3) is 0 Å². The molecule has 0 fully saturated rings. The highest BCUT2D eigenvalue weighted by Crippen LogP contribution is 2.27. The summed E-state index contributed by atoms with van der Waals surface area (Å²) >= 11 is 0. The van der Waals surface area contributed by atoms with Crippen molar-refractivity contribution >= 4 is 15.7 Å². The van der Waals surface area contributed by atoms with Crippen molar-refractivity contribution in [3.8, 4) is 11.5 Å². The maximum absolute atomic E-state index is 13.2. The zero-order chi connectivity index (χ0) is 22.6. The van der Waals surface area contributed by atoms with E-state index < -0.39 is 15.9 Å². The number of nitrogens with one attached hydrogen (secondary N) is 1. The van der Waals surface area contributed by atoms with E-state index in [0.717, 1.165) is 17.4 Å². The number of hydrogen-bond acceptors (Lipinski definition) is 5. The summed E-state index contributed by atoms with van der Waals surface area (Å²) < 4.78 is 34.4. The summed E-state index contributed by atoms with van der Waals surface area (Å²) in [6, 6.07) is 18.9. The van der Waals surface area contributed by atoms with Crippen LogP contribution in [0.1, 0.15) is 33.1 Å². The van der Waals surface area contributed by atoms with Crippen LogP contribution in [0.4, 0.5) is 0 Å². The number of ether oxygens (including phenoxy) is 2. The minimum atomic E-state index is -3.43. The monoisotopic (exact) mass is 439 g/mol. The lowest BCUT2D eigenvalue weighted by molar-refractivity contribution is 0.0942. The van der Waals surface area contributed by atoms with Gasteiger partial charge in [-0.25, -0.2) is 8.42 Å². The molecule has 0 aliphatic rings. The van der Waals surface area contributed by atoms with Crippen molar-refractivity contribution < 1.29 is 22.7 Å². The molecule has 7 heteroatoms. The molecule has 0 saturated carbocycles. The van der Waals surface area contributed by atoms with Crippen LogP contribution in [0.15, 0.2) is 71.6 Å². The lowest BCUT2D eigenvalue weighted by Crippen LogP contribution is -2.30. The second-order valence-electron chi connectivity index (χ2n) is 7.20. The first-order valence-electron chi connectivity index (χ1n) is 9.62. The van der Waals surface area contributed by atoms with Gasteiger partial charge in [-0.1, -0.05) is 30.3 Å². The van der Waals surface area contributed by atoms with E-state index >= 15 is 0 Å². The summed E-state index contributed by atoms with van der Waals surface area (Å²) in [5.74, 6) is 1.06. The molecule has 3 rings (SSSR count). The Labute approximate surface area is 182 Å². The minimum Gasteiger partial charge on any atom is -0.497 e. The van der Waals surface area contributed by atoms with Crippen molar-refractivity contribution in [2.24, 2.45) is 0 Å². The summed E-state index contributed by atoms with van der Waals surface area (Å²) in [6.45, 7) is 1.77. The van der Waals surface area contributed by atoms with Crippen LogP contribution in [0.2, 0.25) is 0 Å². The van der Waals surface area contributed by atoms with Crippen molar-refractivity contribution in [2.75, 3.05) is 20.5 Å². The molecule has 0 atom stereocenters. The predicted octanol–water partition coefficient (Wildman–Crippen LogP) is 3.94. The maximum atomic E-state index is 13.2. The average Bonchev–Trinajstić information content (AvgIpc) is 2.77. The van der Waals surface area contributed by atoms with E-state index in [0.29, 0.717) is 22.6 Å². The van der Waals surface area contributed by atoms with Gasteiger partial charge >= 0.3 is 0 Å². The third kappa shape index (κ3) is 5.24. The van der Waals surface area contributed by atoms with Crippen molar-refractivity contribution in [1.82, 2.24) is 5.32 Å². The minimum absolute atomic E-state index is 0.105. The molecule has 3 aromatic rings. The summed E-state index contributed by atoms with van der Waals surface area (Å²) in [5, 5.41) is 3.04. The average molecular weight is 440 g/mol. The van der Waals surface area contributed by atoms with Crippen molar-refractivity contribution in [3.63, 3.8) is 0 Å². The van der Waals surface area contributed by atoms with Crippen LogP contribution < -0.4 is 14.8 Å². The Balaban J connectivity index is 2.00. The summed E-state index contributed by atoms with van der Waals surface area (Å²) in [7, 11) is -0.246. The number of aryl methyl sites for hydroxylation is 1. The molecule has 0 aromatic heterocycles. The molecule has 6 nitrogen and oxygen atoms in total. The number of methoxy groups -OCH3 is 2. The van der Waals surface area contributed by atoms with Gasteiger partial charge in [-0.15, -0.1) is 0 Å². The van der Waals surface area contributed by atoms with Crippen LogP contribution in [0.5, 0.6) is 11.5 Å². The van der Waals surface area contributed by atoms with Gasteiger partial charge in [0.15, 0.2) is 9.84 Å². The third-order valence-electron chi connectivity index (χ3n) is 5.06. The van der Waals surface area contributed by atoms with Gasteiger partial charge in [-0.05, 0) is 60.0 Å². The summed E-state index contributed by atoms with van der Waals surface area (Å²) in [4.78, 5) is 13.3. The smallest absolute Gasteiger partial charge is 0.252 e. The fraction of sp³-hybridized carbons (Fsp3) is 0.208. The van der Waals surface area contributed by atoms with E-state index in [2.05, 4.69) is 5.32 Å². The van der Waals surface area contributed by atoms with Crippen LogP contribution >= 0.6 is 0 Å². The fourth-order valence-corrected chi connectivity index (χ4v) is 3.88. The molecule has 0 unspecified atom stereocenters. The van der Waals surface area contributed by atoms with E-state index in [1.807, 2.05) is 48.5 Å². The first-order chi connectivity index (χ1) is 14.7. The van der Waals surface area contributed by atoms with E-state index in [1.165, 1.54) is 12.1 Å². The zero-order valence-corrected chi connectivity index (χ0v) is 18.7. The zero-order valence-electron chi connectivity index (χ0n) is 17.9. The molecule has 0 saturated heterocycles. The molecular weight excluding hydrogens is 414 g/mol. The Hall–Kier alpha value is -3.32. The molecule has 0 radical (unpaired) electrons. The molecular formula is C24H25NO5S. The Morgan fingerprint density at radius 2 is 1.32 bits per heavy atom. The first kappa shape index (κ1) is 22.4. The number of amides is 1. The van der Waals surface area contributed by atoms with E-state index in [1.54, 1.807) is 27.2 Å². The molecule has 3 aromatic carbocycles. The second-order valence-corrected chi connectivity index (χ2v) is 9.22. The van der Waals surface area contributed by atoms with Crippen molar-refractivity contribution in [1.29, 1.82) is 0 Å². The molecule has 0 bridgehead atoms. The Morgan fingerprint density at radius 1 is 0.839 bits per heavy atom. The maximum Gasteiger partial charge on any atom is 0.252 e. The molecule has 162 valence electrons. The third-order valence-corrected chi connectivity index (χ3v) is 6.17. The van der Waals surface area contributed by atoms with E-state index in [9.17, 15) is 13.2 Å². The number of rotatable bonds is 7. The molecule has 0 heterocycles. The van der Waals surface area contributed by atoms with Crippen molar-refractivity contribution in [3.05, 3.63) is 89.0 Å². The van der Waals surface area contributed by atoms with Gasteiger partial charge in [0.25, 0.3) is 5.91 Å². The molecule has 1 N–H and O–H groups in total. The van der Waals surface area contributed by atoms with Gasteiger partial charge in [0.2, 0.25) is 0 Å². The number of carbonyl (C=O) groups is 1. The van der Waals surface area contributed by atoms with Gasteiger partial charge in [0.1, 0.15) is 11.5 Å². The number of benzene rings is 3. The van der Waals surface area contributed by atoms with E-state index in [4.69, 9.17) is 9.47 Å². The van der Waals surface area contributed by atoms with Crippen LogP contribution in [0, 0.1) is 6.92 Å². The molecule has 0 aliphatic carbocycles. The largest absolute Gasteiger partial charge is 0.497 e. The number of sulfone groups is 1. The lowest BCUT2D eigenvalue weighted by Gasteiger charge is -2.21. The highest BCUT2D eigenvalue weighted by molar-refractivity contribution is 7.90. The fourth-order valence-electron chi connectivity index (χ4n) is 3.24. The predicted molar refractivity (Wildman–Crippen MR) is 120 cm³/mol. The quantitative estimate of drug-likeness (QED) is 0.603. The van der Waals surface area contributed by atoms with Crippen LogP contribution in [-0.4, -0.2) is 34.8 Å². The van der Waals surface area contributed by atoms with Gasteiger partial charge < -0.3 is 14.8 Å². The molecule has 0 aliphatic heterocycles. The Bertz CT molecular complexity index is 1120. The standard InChI is InChI=1S/C24H25NO5S/c1-16-5-14-21(31(4,27)28)15-22(16)24(26)25-23(17-6-10-19(29-2)11-7-17)18-8-12-20(30-3)13-9-18/h5-15,23H,1-4H3,(H,25,26). The summed E-state index contributed by atoms with van der Waals surface area (Å²) in [5.41, 5.74) is 2.72. The van der Waals surface area contributed by atoms with E-state index in [-0.39, 0.29) is 10.8 Å². The second kappa shape index (κ2) is 9.22. The van der Waals surface area contributed by atoms with Crippen LogP contribution in [-0.2, 0) is 9.84 Å². The Morgan fingerprint density at radius 3 is 1.74 bits per heavy atom. The SMILES string of the molecule is COc1ccc(C(NC(=O)c2cc(S(C)(=O)=O)ccc2C)c2ccc(OC)cc2)cc1. The normalized spacial score (nSPS) is 11.3. The molecule has 0 spiro atoms. The molecule has 1 amide bonds. The lowest BCUT2D eigenvalue weighted by atomic mass is 9.97. The molecule has 31 heavy (non-hydrogen) atoms.